The molecule has 6 heteroatoms. The van der Waals surface area contributed by atoms with Crippen LogP contribution >= 0.6 is 0 Å². The normalized spacial score (nSPS) is 10.9. The second-order valence-corrected chi connectivity index (χ2v) is 6.55. The van der Waals surface area contributed by atoms with Crippen molar-refractivity contribution in [1.82, 2.24) is 0 Å². The van der Waals surface area contributed by atoms with Crippen LogP contribution in [-0.4, -0.2) is 20.7 Å². The zero-order valence-electron chi connectivity index (χ0n) is 13.4. The molecule has 2 rings (SSSR count). The summed E-state index contributed by atoms with van der Waals surface area (Å²) >= 11 is 0. The minimum absolute atomic E-state index is 0.0426. The number of carbonyl (C=O) groups excluding carboxylic acids is 1. The first-order chi connectivity index (χ1) is 11.5. The van der Waals surface area contributed by atoms with Gasteiger partial charge in [0.15, 0.2) is 5.78 Å². The van der Waals surface area contributed by atoms with Gasteiger partial charge in [-0.1, -0.05) is 31.2 Å². The van der Waals surface area contributed by atoms with E-state index in [1.807, 2.05) is 0 Å². The molecule has 0 fully saturated rings. The fourth-order valence-corrected chi connectivity index (χ4v) is 3.04. The largest absolute Gasteiger partial charge is 0.381 e. The topological polar surface area (TPSA) is 72.5 Å². The number of anilines is 1. The molecule has 0 aliphatic rings. The number of benzene rings is 2. The highest BCUT2D eigenvalue weighted by Gasteiger charge is 2.18. The van der Waals surface area contributed by atoms with Gasteiger partial charge in [0.1, 0.15) is 10.6 Å². The molecule has 2 aromatic rings. The molecule has 5 nitrogen and oxygen atoms in total. The number of nitrogens with one attached hydrogen (secondary N) is 1. The van der Waals surface area contributed by atoms with Crippen molar-refractivity contribution in [3.05, 3.63) is 66.7 Å². The molecule has 126 valence electrons. The Morgan fingerprint density at radius 3 is 2.54 bits per heavy atom. The van der Waals surface area contributed by atoms with Crippen molar-refractivity contribution in [2.24, 2.45) is 0 Å². The van der Waals surface area contributed by atoms with E-state index in [0.29, 0.717) is 24.2 Å². The molecule has 0 saturated heterocycles. The van der Waals surface area contributed by atoms with Gasteiger partial charge in [0.2, 0.25) is 0 Å². The van der Waals surface area contributed by atoms with Crippen molar-refractivity contribution in [3.63, 3.8) is 0 Å². The Morgan fingerprint density at radius 1 is 1.21 bits per heavy atom. The first kappa shape index (κ1) is 17.7. The van der Waals surface area contributed by atoms with E-state index in [1.54, 1.807) is 37.3 Å². The smallest absolute Gasteiger partial charge is 0.339 e. The van der Waals surface area contributed by atoms with Crippen molar-refractivity contribution in [2.75, 3.05) is 11.9 Å². The zero-order valence-corrected chi connectivity index (χ0v) is 14.2. The second-order valence-electron chi connectivity index (χ2n) is 5.00. The predicted octanol–water partition coefficient (Wildman–Crippen LogP) is 3.64. The number of Topliss-reactive ketones (excluding diaryl/α,β-unsaturated/α-hetero) is 1. The van der Waals surface area contributed by atoms with Gasteiger partial charge in [0.25, 0.3) is 0 Å². The van der Waals surface area contributed by atoms with E-state index in [4.69, 9.17) is 4.18 Å². The van der Waals surface area contributed by atoms with Gasteiger partial charge in [0, 0.05) is 30.3 Å². The summed E-state index contributed by atoms with van der Waals surface area (Å²) < 4.78 is 29.7. The van der Waals surface area contributed by atoms with Gasteiger partial charge in [-0.2, -0.15) is 8.42 Å². The lowest BCUT2D eigenvalue weighted by molar-refractivity contribution is 0.0989. The van der Waals surface area contributed by atoms with E-state index in [-0.39, 0.29) is 16.4 Å². The Balaban J connectivity index is 2.34. The zero-order chi connectivity index (χ0) is 17.6. The van der Waals surface area contributed by atoms with Crippen LogP contribution in [0.1, 0.15) is 23.7 Å². The molecular weight excluding hydrogens is 326 g/mol. The Morgan fingerprint density at radius 2 is 1.92 bits per heavy atom. The summed E-state index contributed by atoms with van der Waals surface area (Å²) in [6.45, 7) is 5.83. The third-order valence-electron chi connectivity index (χ3n) is 3.29. The summed E-state index contributed by atoms with van der Waals surface area (Å²) in [5.74, 6) is 0.0945. The predicted molar refractivity (Wildman–Crippen MR) is 94.0 cm³/mol. The summed E-state index contributed by atoms with van der Waals surface area (Å²) in [7, 11) is -3.92. The van der Waals surface area contributed by atoms with Gasteiger partial charge in [-0.3, -0.25) is 4.79 Å². The van der Waals surface area contributed by atoms with E-state index in [0.717, 1.165) is 0 Å². The molecule has 0 aliphatic heterocycles. The Hall–Kier alpha value is -2.60. The van der Waals surface area contributed by atoms with Crippen LogP contribution in [0.5, 0.6) is 5.75 Å². The van der Waals surface area contributed by atoms with E-state index in [2.05, 4.69) is 11.9 Å². The highest BCUT2D eigenvalue weighted by Crippen LogP contribution is 2.26. The fraction of sp³-hybridized carbons (Fsp3) is 0.167. The minimum atomic E-state index is -3.92. The van der Waals surface area contributed by atoms with Crippen LogP contribution in [-0.2, 0) is 10.1 Å². The molecule has 24 heavy (non-hydrogen) atoms. The van der Waals surface area contributed by atoms with Crippen LogP contribution in [0.3, 0.4) is 0 Å². The Bertz CT molecular complexity index is 829. The van der Waals surface area contributed by atoms with E-state index in [9.17, 15) is 13.2 Å². The summed E-state index contributed by atoms with van der Waals surface area (Å²) in [6.07, 6.45) is 2.00. The van der Waals surface area contributed by atoms with E-state index >= 15 is 0 Å². The maximum absolute atomic E-state index is 12.3. The monoisotopic (exact) mass is 345 g/mol. The van der Waals surface area contributed by atoms with E-state index < -0.39 is 10.1 Å². The van der Waals surface area contributed by atoms with Crippen molar-refractivity contribution >= 4 is 21.6 Å². The van der Waals surface area contributed by atoms with Crippen LogP contribution < -0.4 is 9.50 Å². The SMILES string of the molecule is C=CCNc1cc(OS(=O)(=O)c2ccccc2)ccc1C(=O)CC. The quantitative estimate of drug-likeness (QED) is 0.449. The third kappa shape index (κ3) is 4.23. The number of ketones is 1. The summed E-state index contributed by atoms with van der Waals surface area (Å²) in [5, 5.41) is 3.03. The third-order valence-corrected chi connectivity index (χ3v) is 4.55. The Labute approximate surface area is 142 Å². The molecule has 0 atom stereocenters. The molecule has 1 N–H and O–H groups in total. The van der Waals surface area contributed by atoms with Crippen molar-refractivity contribution in [2.45, 2.75) is 18.2 Å². The lowest BCUT2D eigenvalue weighted by Crippen LogP contribution is -2.11. The van der Waals surface area contributed by atoms with Gasteiger partial charge in [-0.05, 0) is 24.3 Å². The number of carbonyl (C=O) groups is 1. The molecule has 0 radical (unpaired) electrons. The average Bonchev–Trinajstić information content (AvgIpc) is 2.60. The summed E-state index contributed by atoms with van der Waals surface area (Å²) in [6, 6.07) is 12.4. The lowest BCUT2D eigenvalue weighted by atomic mass is 10.1. The van der Waals surface area contributed by atoms with Crippen LogP contribution in [0.2, 0.25) is 0 Å². The standard InChI is InChI=1S/C18H19NO4S/c1-3-12-19-17-13-14(10-11-16(17)18(20)4-2)23-24(21,22)15-8-6-5-7-9-15/h3,5-11,13,19H,1,4,12H2,2H3. The summed E-state index contributed by atoms with van der Waals surface area (Å²) in [5.41, 5.74) is 1.01. The number of hydrogen-bond donors (Lipinski definition) is 1. The summed E-state index contributed by atoms with van der Waals surface area (Å²) in [4.78, 5) is 12.1. The highest BCUT2D eigenvalue weighted by atomic mass is 32.2. The lowest BCUT2D eigenvalue weighted by Gasteiger charge is -2.12. The Kier molecular flexibility index (Phi) is 5.76. The molecule has 0 unspecified atom stereocenters. The van der Waals surface area contributed by atoms with Crippen molar-refractivity contribution in [3.8, 4) is 5.75 Å². The van der Waals surface area contributed by atoms with Gasteiger partial charge in [-0.15, -0.1) is 6.58 Å². The molecular formula is C18H19NO4S. The fourth-order valence-electron chi connectivity index (χ4n) is 2.10. The molecule has 0 saturated carbocycles. The van der Waals surface area contributed by atoms with Crippen molar-refractivity contribution in [1.29, 1.82) is 0 Å². The van der Waals surface area contributed by atoms with Gasteiger partial charge in [-0.25, -0.2) is 0 Å². The van der Waals surface area contributed by atoms with Gasteiger partial charge < -0.3 is 9.50 Å². The number of hydrogen-bond acceptors (Lipinski definition) is 5. The first-order valence-corrected chi connectivity index (χ1v) is 8.90. The van der Waals surface area contributed by atoms with Crippen LogP contribution in [0.25, 0.3) is 0 Å². The van der Waals surface area contributed by atoms with Crippen LogP contribution in [0.15, 0.2) is 66.1 Å². The molecule has 0 aliphatic carbocycles. The maximum Gasteiger partial charge on any atom is 0.339 e. The molecule has 0 spiro atoms. The average molecular weight is 345 g/mol. The first-order valence-electron chi connectivity index (χ1n) is 7.49. The molecule has 0 amide bonds. The molecule has 2 aromatic carbocycles. The second kappa shape index (κ2) is 7.79. The molecule has 0 aromatic heterocycles. The van der Waals surface area contributed by atoms with Crippen LogP contribution in [0, 0.1) is 0 Å². The number of rotatable bonds is 8. The van der Waals surface area contributed by atoms with E-state index in [1.165, 1.54) is 24.3 Å². The minimum Gasteiger partial charge on any atom is -0.381 e. The maximum atomic E-state index is 12.3. The van der Waals surface area contributed by atoms with Crippen LogP contribution in [0.4, 0.5) is 5.69 Å². The van der Waals surface area contributed by atoms with Gasteiger partial charge in [0.05, 0.1) is 0 Å². The molecule has 0 heterocycles. The van der Waals surface area contributed by atoms with Crippen molar-refractivity contribution < 1.29 is 17.4 Å². The van der Waals surface area contributed by atoms with Gasteiger partial charge >= 0.3 is 10.1 Å². The highest BCUT2D eigenvalue weighted by molar-refractivity contribution is 7.87. The molecule has 0 bridgehead atoms.